The molecular weight excluding hydrogens is 214 g/mol. The number of carboxylic acid groups (broad SMARTS) is 1. The smallest absolute Gasteiger partial charge is 0.320 e. The second kappa shape index (κ2) is 6.12. The van der Waals surface area contributed by atoms with Crippen LogP contribution in [0.15, 0.2) is 0 Å². The van der Waals surface area contributed by atoms with Gasteiger partial charge in [0.15, 0.2) is 5.78 Å². The molecule has 0 bridgehead atoms. The van der Waals surface area contributed by atoms with Crippen molar-refractivity contribution >= 4 is 23.3 Å². The lowest BCUT2D eigenvalue weighted by Crippen LogP contribution is -2.34. The highest BCUT2D eigenvalue weighted by atomic mass is 16.4. The van der Waals surface area contributed by atoms with Gasteiger partial charge in [-0.3, -0.25) is 19.2 Å². The van der Waals surface area contributed by atoms with Crippen LogP contribution in [0.4, 0.5) is 0 Å². The molecule has 2 unspecified atom stereocenters. The monoisotopic (exact) mass is 229 g/mol. The molecule has 0 aromatic heterocycles. The van der Waals surface area contributed by atoms with Gasteiger partial charge in [-0.1, -0.05) is 6.92 Å². The fourth-order valence-corrected chi connectivity index (χ4v) is 1.07. The Kier molecular flexibility index (Phi) is 5.52. The maximum Gasteiger partial charge on any atom is 0.320 e. The summed E-state index contributed by atoms with van der Waals surface area (Å²) >= 11 is 0. The lowest BCUT2D eigenvalue weighted by Gasteiger charge is -2.12. The summed E-state index contributed by atoms with van der Waals surface area (Å²) in [7, 11) is 0. The number of carbonyl (C=O) groups is 4. The molecule has 16 heavy (non-hydrogen) atoms. The van der Waals surface area contributed by atoms with Crippen LogP contribution in [0.2, 0.25) is 0 Å². The molecule has 0 aromatic rings. The van der Waals surface area contributed by atoms with E-state index in [2.05, 4.69) is 0 Å². The fraction of sp³-hybridized carbons (Fsp3) is 0.600. The average molecular weight is 229 g/mol. The second-order valence-corrected chi connectivity index (χ2v) is 3.70. The number of aliphatic carboxylic acids is 1. The Labute approximate surface area is 92.8 Å². The molecule has 0 heterocycles. The van der Waals surface area contributed by atoms with Crippen LogP contribution in [0.25, 0.3) is 0 Å². The lowest BCUT2D eigenvalue weighted by atomic mass is 9.94. The molecular formula is C10H15NO5. The summed E-state index contributed by atoms with van der Waals surface area (Å²) in [5, 5.41) is 8.53. The minimum absolute atomic E-state index is 0.0423. The van der Waals surface area contributed by atoms with Gasteiger partial charge in [0.1, 0.15) is 11.8 Å². The van der Waals surface area contributed by atoms with Gasteiger partial charge in [-0.15, -0.1) is 0 Å². The number of carbonyl (C=O) groups excluding carboxylic acids is 3. The molecule has 6 heteroatoms. The van der Waals surface area contributed by atoms with Crippen LogP contribution in [-0.2, 0) is 19.2 Å². The lowest BCUT2D eigenvalue weighted by molar-refractivity contribution is -0.139. The fourth-order valence-electron chi connectivity index (χ4n) is 1.07. The first-order valence-electron chi connectivity index (χ1n) is 4.80. The maximum atomic E-state index is 11.4. The van der Waals surface area contributed by atoms with Gasteiger partial charge in [0.2, 0.25) is 5.78 Å². The zero-order valence-corrected chi connectivity index (χ0v) is 9.23. The summed E-state index contributed by atoms with van der Waals surface area (Å²) < 4.78 is 0. The van der Waals surface area contributed by atoms with Crippen LogP contribution in [-0.4, -0.2) is 34.5 Å². The molecule has 0 spiro atoms. The molecule has 0 saturated carbocycles. The highest BCUT2D eigenvalue weighted by molar-refractivity contribution is 6.39. The molecule has 0 saturated heterocycles. The zero-order chi connectivity index (χ0) is 12.9. The van der Waals surface area contributed by atoms with E-state index in [-0.39, 0.29) is 6.42 Å². The predicted molar refractivity (Wildman–Crippen MR) is 54.7 cm³/mol. The van der Waals surface area contributed by atoms with Gasteiger partial charge in [-0.05, 0) is 6.42 Å². The molecule has 0 aliphatic carbocycles. The van der Waals surface area contributed by atoms with Crippen molar-refractivity contribution in [2.24, 2.45) is 11.7 Å². The third kappa shape index (κ3) is 4.79. The minimum atomic E-state index is -1.20. The van der Waals surface area contributed by atoms with Crippen LogP contribution in [0.3, 0.4) is 0 Å². The van der Waals surface area contributed by atoms with Crippen molar-refractivity contribution in [3.8, 4) is 0 Å². The van der Waals surface area contributed by atoms with Gasteiger partial charge in [0, 0.05) is 12.8 Å². The Bertz CT molecular complexity index is 323. The molecule has 0 aliphatic heterocycles. The normalized spacial score (nSPS) is 13.9. The number of ketones is 3. The summed E-state index contributed by atoms with van der Waals surface area (Å²) in [6.07, 6.45) is -0.526. The molecule has 3 N–H and O–H groups in total. The molecule has 90 valence electrons. The first kappa shape index (κ1) is 14.4. The second-order valence-electron chi connectivity index (χ2n) is 3.70. The van der Waals surface area contributed by atoms with Crippen LogP contribution in [0, 0.1) is 5.92 Å². The first-order valence-corrected chi connectivity index (χ1v) is 4.80. The number of carboxylic acids is 1. The van der Waals surface area contributed by atoms with E-state index in [0.717, 1.165) is 6.92 Å². The van der Waals surface area contributed by atoms with Gasteiger partial charge >= 0.3 is 5.97 Å². The van der Waals surface area contributed by atoms with E-state index < -0.39 is 41.7 Å². The van der Waals surface area contributed by atoms with Gasteiger partial charge in [0.05, 0.1) is 6.42 Å². The summed E-state index contributed by atoms with van der Waals surface area (Å²) in [6.45, 7) is 2.57. The van der Waals surface area contributed by atoms with E-state index in [4.69, 9.17) is 10.8 Å². The number of rotatable bonds is 7. The molecule has 6 nitrogen and oxygen atoms in total. The molecule has 0 aliphatic rings. The Morgan fingerprint density at radius 1 is 1.25 bits per heavy atom. The van der Waals surface area contributed by atoms with Gasteiger partial charge in [-0.25, -0.2) is 0 Å². The highest BCUT2D eigenvalue weighted by Gasteiger charge is 2.23. The van der Waals surface area contributed by atoms with E-state index in [1.807, 2.05) is 0 Å². The highest BCUT2D eigenvalue weighted by Crippen LogP contribution is 2.09. The SMILES string of the molecule is CC(=O)C(=O)CC(=O)C(C)CC(N)C(=O)O. The standard InChI is InChI=1S/C10H15NO5/c1-5(3-7(11)10(15)16)8(13)4-9(14)6(2)12/h5,7H,3-4,11H2,1-2H3,(H,15,16). The van der Waals surface area contributed by atoms with Crippen molar-refractivity contribution in [2.75, 3.05) is 0 Å². The van der Waals surface area contributed by atoms with Crippen molar-refractivity contribution in [2.45, 2.75) is 32.7 Å². The first-order chi connectivity index (χ1) is 7.25. The van der Waals surface area contributed by atoms with Crippen molar-refractivity contribution in [1.82, 2.24) is 0 Å². The molecule has 0 aromatic carbocycles. The molecule has 0 amide bonds. The van der Waals surface area contributed by atoms with Gasteiger partial charge in [0.25, 0.3) is 0 Å². The molecule has 0 radical (unpaired) electrons. The third-order valence-electron chi connectivity index (χ3n) is 2.20. The third-order valence-corrected chi connectivity index (χ3v) is 2.20. The Morgan fingerprint density at radius 3 is 2.12 bits per heavy atom. The largest absolute Gasteiger partial charge is 0.480 e. The predicted octanol–water partition coefficient (Wildman–Crippen LogP) is -0.458. The minimum Gasteiger partial charge on any atom is -0.480 e. The van der Waals surface area contributed by atoms with Crippen LogP contribution >= 0.6 is 0 Å². The van der Waals surface area contributed by atoms with Gasteiger partial charge < -0.3 is 10.8 Å². The van der Waals surface area contributed by atoms with Crippen molar-refractivity contribution in [3.05, 3.63) is 0 Å². The van der Waals surface area contributed by atoms with Crippen LogP contribution < -0.4 is 5.73 Å². The molecule has 0 fully saturated rings. The Hall–Kier alpha value is -1.56. The van der Waals surface area contributed by atoms with Crippen LogP contribution in [0.5, 0.6) is 0 Å². The molecule has 0 rings (SSSR count). The topological polar surface area (TPSA) is 115 Å². The van der Waals surface area contributed by atoms with E-state index in [1.165, 1.54) is 6.92 Å². The maximum absolute atomic E-state index is 11.4. The van der Waals surface area contributed by atoms with Crippen LogP contribution in [0.1, 0.15) is 26.7 Å². The Morgan fingerprint density at radius 2 is 1.75 bits per heavy atom. The van der Waals surface area contributed by atoms with E-state index >= 15 is 0 Å². The quantitative estimate of drug-likeness (QED) is 0.451. The zero-order valence-electron chi connectivity index (χ0n) is 9.23. The number of nitrogens with two attached hydrogens (primary N) is 1. The number of Topliss-reactive ketones (excluding diaryl/α,β-unsaturated/α-hetero) is 3. The number of hydrogen-bond acceptors (Lipinski definition) is 5. The van der Waals surface area contributed by atoms with Gasteiger partial charge in [-0.2, -0.15) is 0 Å². The summed E-state index contributed by atoms with van der Waals surface area (Å²) in [5.41, 5.74) is 5.24. The van der Waals surface area contributed by atoms with E-state index in [0.29, 0.717) is 0 Å². The average Bonchev–Trinajstić information content (AvgIpc) is 2.16. The van der Waals surface area contributed by atoms with Crippen molar-refractivity contribution in [3.63, 3.8) is 0 Å². The number of hydrogen-bond donors (Lipinski definition) is 2. The summed E-state index contributed by atoms with van der Waals surface area (Å²) in [5.74, 6) is -3.74. The summed E-state index contributed by atoms with van der Waals surface area (Å²) in [6, 6.07) is -1.13. The summed E-state index contributed by atoms with van der Waals surface area (Å²) in [4.78, 5) is 43.4. The van der Waals surface area contributed by atoms with E-state index in [1.54, 1.807) is 0 Å². The van der Waals surface area contributed by atoms with Crippen molar-refractivity contribution in [1.29, 1.82) is 0 Å². The molecule has 2 atom stereocenters. The van der Waals surface area contributed by atoms with Crippen molar-refractivity contribution < 1.29 is 24.3 Å². The van der Waals surface area contributed by atoms with E-state index in [9.17, 15) is 19.2 Å². The Balaban J connectivity index is 4.24.